The smallest absolute Gasteiger partial charge is 0.407 e. The van der Waals surface area contributed by atoms with E-state index >= 15 is 0 Å². The lowest BCUT2D eigenvalue weighted by atomic mass is 10.0. The number of amides is 1. The minimum Gasteiger partial charge on any atom is -0.465 e. The highest BCUT2D eigenvalue weighted by Crippen LogP contribution is 2.39. The quantitative estimate of drug-likeness (QED) is 0.226. The Morgan fingerprint density at radius 2 is 1.95 bits per heavy atom. The molecule has 1 aliphatic rings. The number of halogens is 1. The van der Waals surface area contributed by atoms with Gasteiger partial charge in [-0.05, 0) is 55.7 Å². The molecule has 226 valence electrons. The van der Waals surface area contributed by atoms with Gasteiger partial charge in [0.25, 0.3) is 0 Å². The number of rotatable bonds is 10. The zero-order valence-electron chi connectivity index (χ0n) is 23.6. The standard InChI is InChI=1S/C29H31FN6O6S/c1-18-7-8-20-21(9-10-23(30)25(20)35-43(39,40)16-15-41-2)26(18)42-27-22(6-3-12-31-27)24-11-13-32-28(34-24)33-19-5-4-14-36(17-19)29(37)38/h3,6-13,19,35H,4-5,14-17H2,1-2H3,(H,37,38)(H,32,33,34). The summed E-state index contributed by atoms with van der Waals surface area (Å²) >= 11 is 0. The molecule has 0 spiro atoms. The number of hydrogen-bond donors (Lipinski definition) is 3. The SMILES string of the molecule is COCCS(=O)(=O)Nc1c(F)ccc2c(Oc3ncccc3-c3ccnc(NC4CCCN(C(=O)O)C4)n3)c(C)ccc12. The van der Waals surface area contributed by atoms with Crippen molar-refractivity contribution in [1.29, 1.82) is 0 Å². The summed E-state index contributed by atoms with van der Waals surface area (Å²) in [6.45, 7) is 2.60. The van der Waals surface area contributed by atoms with E-state index in [0.717, 1.165) is 12.8 Å². The summed E-state index contributed by atoms with van der Waals surface area (Å²) in [5.41, 5.74) is 1.61. The Kier molecular flexibility index (Phi) is 8.87. The number of ether oxygens (including phenoxy) is 2. The van der Waals surface area contributed by atoms with Gasteiger partial charge in [-0.25, -0.2) is 32.6 Å². The highest BCUT2D eigenvalue weighted by Gasteiger charge is 2.24. The minimum atomic E-state index is -3.88. The molecule has 0 saturated carbocycles. The molecule has 1 atom stereocenters. The fraction of sp³-hybridized carbons (Fsp3) is 0.310. The van der Waals surface area contributed by atoms with Crippen LogP contribution in [0.4, 0.5) is 20.8 Å². The monoisotopic (exact) mass is 610 g/mol. The molecule has 1 unspecified atom stereocenters. The average molecular weight is 611 g/mol. The number of benzene rings is 2. The molecule has 3 N–H and O–H groups in total. The molecule has 5 rings (SSSR count). The Balaban J connectivity index is 1.46. The highest BCUT2D eigenvalue weighted by atomic mass is 32.2. The molecule has 43 heavy (non-hydrogen) atoms. The number of anilines is 2. The molecule has 1 saturated heterocycles. The van der Waals surface area contributed by atoms with Crippen LogP contribution >= 0.6 is 0 Å². The molecule has 3 heterocycles. The van der Waals surface area contributed by atoms with Gasteiger partial charge < -0.3 is 24.8 Å². The van der Waals surface area contributed by atoms with Crippen molar-refractivity contribution in [3.63, 3.8) is 0 Å². The van der Waals surface area contributed by atoms with Crippen molar-refractivity contribution in [1.82, 2.24) is 19.9 Å². The zero-order chi connectivity index (χ0) is 30.6. The Hall–Kier alpha value is -4.56. The summed E-state index contributed by atoms with van der Waals surface area (Å²) in [5.74, 6) is -0.124. The maximum absolute atomic E-state index is 14.9. The molecule has 0 aliphatic carbocycles. The first-order chi connectivity index (χ1) is 20.6. The topological polar surface area (TPSA) is 156 Å². The maximum atomic E-state index is 14.9. The molecule has 4 aromatic rings. The van der Waals surface area contributed by atoms with Crippen molar-refractivity contribution in [3.8, 4) is 22.9 Å². The molecule has 1 amide bonds. The third-order valence-electron chi connectivity index (χ3n) is 7.04. The van der Waals surface area contributed by atoms with Crippen molar-refractivity contribution in [3.05, 3.63) is 66.2 Å². The molecule has 12 nitrogen and oxygen atoms in total. The number of sulfonamides is 1. The summed E-state index contributed by atoms with van der Waals surface area (Å²) in [5, 5.41) is 13.4. The maximum Gasteiger partial charge on any atom is 0.407 e. The highest BCUT2D eigenvalue weighted by molar-refractivity contribution is 7.92. The summed E-state index contributed by atoms with van der Waals surface area (Å²) in [6.07, 6.45) is 3.71. The number of likely N-dealkylation sites (tertiary alicyclic amines) is 1. The van der Waals surface area contributed by atoms with Crippen LogP contribution in [-0.4, -0.2) is 78.1 Å². The Bertz CT molecular complexity index is 1760. The molecular weight excluding hydrogens is 579 g/mol. The Morgan fingerprint density at radius 1 is 1.14 bits per heavy atom. The fourth-order valence-corrected chi connectivity index (χ4v) is 5.90. The van der Waals surface area contributed by atoms with Crippen LogP contribution in [0.1, 0.15) is 18.4 Å². The van der Waals surface area contributed by atoms with Crippen LogP contribution in [0.5, 0.6) is 11.6 Å². The number of carboxylic acid groups (broad SMARTS) is 1. The molecular formula is C29H31FN6O6S. The molecule has 1 aliphatic heterocycles. The molecule has 2 aromatic heterocycles. The lowest BCUT2D eigenvalue weighted by Crippen LogP contribution is -2.44. The van der Waals surface area contributed by atoms with E-state index in [4.69, 9.17) is 9.47 Å². The second-order valence-electron chi connectivity index (χ2n) is 10.1. The summed E-state index contributed by atoms with van der Waals surface area (Å²) in [7, 11) is -2.49. The van der Waals surface area contributed by atoms with Gasteiger partial charge in [0.15, 0.2) is 0 Å². The van der Waals surface area contributed by atoms with E-state index < -0.39 is 21.9 Å². The van der Waals surface area contributed by atoms with E-state index in [1.165, 1.54) is 24.1 Å². The predicted octanol–water partition coefficient (Wildman–Crippen LogP) is 4.87. The van der Waals surface area contributed by atoms with Gasteiger partial charge in [0.05, 0.1) is 29.3 Å². The molecule has 14 heteroatoms. The first kappa shape index (κ1) is 29.9. The second kappa shape index (κ2) is 12.8. The third-order valence-corrected chi connectivity index (χ3v) is 8.26. The van der Waals surface area contributed by atoms with Crippen LogP contribution in [0.15, 0.2) is 54.9 Å². The average Bonchev–Trinajstić information content (AvgIpc) is 2.99. The lowest BCUT2D eigenvalue weighted by Gasteiger charge is -2.31. The first-order valence-electron chi connectivity index (χ1n) is 13.6. The predicted molar refractivity (Wildman–Crippen MR) is 160 cm³/mol. The van der Waals surface area contributed by atoms with Gasteiger partial charge >= 0.3 is 6.09 Å². The van der Waals surface area contributed by atoms with Crippen LogP contribution in [0.25, 0.3) is 22.0 Å². The van der Waals surface area contributed by atoms with Gasteiger partial charge in [-0.1, -0.05) is 12.1 Å². The van der Waals surface area contributed by atoms with E-state index in [0.29, 0.717) is 52.4 Å². The Morgan fingerprint density at radius 3 is 2.74 bits per heavy atom. The van der Waals surface area contributed by atoms with Gasteiger partial charge in [0.2, 0.25) is 21.9 Å². The van der Waals surface area contributed by atoms with Gasteiger partial charge in [0, 0.05) is 49.4 Å². The Labute approximate surface area is 247 Å². The molecule has 0 radical (unpaired) electrons. The molecule has 2 aromatic carbocycles. The number of nitrogens with zero attached hydrogens (tertiary/aromatic N) is 4. The van der Waals surface area contributed by atoms with Gasteiger partial charge in [0.1, 0.15) is 11.6 Å². The number of hydrogen-bond acceptors (Lipinski definition) is 9. The number of carbonyl (C=O) groups is 1. The number of fused-ring (bicyclic) bond motifs is 1. The number of nitrogens with one attached hydrogen (secondary N) is 2. The summed E-state index contributed by atoms with van der Waals surface area (Å²) < 4.78 is 53.6. The second-order valence-corrected chi connectivity index (χ2v) is 11.9. The van der Waals surface area contributed by atoms with Crippen molar-refractivity contribution < 1.29 is 32.2 Å². The van der Waals surface area contributed by atoms with E-state index in [2.05, 4.69) is 25.0 Å². The van der Waals surface area contributed by atoms with Crippen molar-refractivity contribution in [2.45, 2.75) is 25.8 Å². The first-order valence-corrected chi connectivity index (χ1v) is 15.2. The van der Waals surface area contributed by atoms with Crippen molar-refractivity contribution in [2.75, 3.05) is 42.6 Å². The molecule has 1 fully saturated rings. The number of methoxy groups -OCH3 is 1. The largest absolute Gasteiger partial charge is 0.465 e. The van der Waals surface area contributed by atoms with Crippen LogP contribution in [0.2, 0.25) is 0 Å². The lowest BCUT2D eigenvalue weighted by molar-refractivity contribution is 0.132. The number of pyridine rings is 1. The summed E-state index contributed by atoms with van der Waals surface area (Å²) in [6, 6.07) is 11.2. The third kappa shape index (κ3) is 6.92. The van der Waals surface area contributed by atoms with Gasteiger partial charge in [-0.3, -0.25) is 4.72 Å². The number of aryl methyl sites for hydroxylation is 1. The van der Waals surface area contributed by atoms with Crippen LogP contribution in [0.3, 0.4) is 0 Å². The molecule has 0 bridgehead atoms. The van der Waals surface area contributed by atoms with E-state index in [1.807, 2.05) is 6.92 Å². The number of piperidine rings is 1. The normalized spacial score (nSPS) is 15.3. The van der Waals surface area contributed by atoms with Gasteiger partial charge in [-0.2, -0.15) is 0 Å². The van der Waals surface area contributed by atoms with Crippen molar-refractivity contribution in [2.24, 2.45) is 0 Å². The zero-order valence-corrected chi connectivity index (χ0v) is 24.4. The van der Waals surface area contributed by atoms with Gasteiger partial charge in [-0.15, -0.1) is 0 Å². The van der Waals surface area contributed by atoms with E-state index in [1.54, 1.807) is 42.7 Å². The van der Waals surface area contributed by atoms with Crippen molar-refractivity contribution >= 4 is 38.5 Å². The van der Waals surface area contributed by atoms with E-state index in [-0.39, 0.29) is 30.0 Å². The number of aromatic nitrogens is 3. The fourth-order valence-electron chi connectivity index (χ4n) is 4.89. The summed E-state index contributed by atoms with van der Waals surface area (Å²) in [4.78, 5) is 26.2. The minimum absolute atomic E-state index is 0.0423. The van der Waals surface area contributed by atoms with Crippen LogP contribution < -0.4 is 14.8 Å². The van der Waals surface area contributed by atoms with Crippen LogP contribution in [-0.2, 0) is 14.8 Å². The van der Waals surface area contributed by atoms with Crippen LogP contribution in [0, 0.1) is 12.7 Å². The van der Waals surface area contributed by atoms with E-state index in [9.17, 15) is 22.7 Å².